The van der Waals surface area contributed by atoms with Crippen LogP contribution >= 0.6 is 11.3 Å². The molecule has 0 N–H and O–H groups in total. The second-order valence-corrected chi connectivity index (χ2v) is 33.9. The van der Waals surface area contributed by atoms with Gasteiger partial charge in [-0.2, -0.15) is 0 Å². The van der Waals surface area contributed by atoms with E-state index in [9.17, 15) is 0 Å². The molecule has 6 aliphatic carbocycles. The van der Waals surface area contributed by atoms with Crippen molar-refractivity contribution in [2.45, 2.75) is 49.4 Å². The summed E-state index contributed by atoms with van der Waals surface area (Å²) in [5.41, 5.74) is 41.5. The number of hydrogen-bond acceptors (Lipinski definition) is 3. The first kappa shape index (κ1) is 65.1. The van der Waals surface area contributed by atoms with E-state index >= 15 is 0 Å². The SMILES string of the molecule is CC1(C)c2ccccc2-c2ccc(N(c3ccc4c(c3)sc3ccccc34)c3cccc4c3-c3ccccc3C43c4ccccc4-c4ccccc43)cc21.CC1(C)c2ccccc2-c2ccc(N(c3ccc4c5ccccc5n(-c5ccccc5)c4c3)c3cccc4c3-c3ccccc3C43c4ccccc4-c4ccccc43)cc21. The topological polar surface area (TPSA) is 11.4 Å². The number of rotatable bonds is 7. The fourth-order valence-corrected chi connectivity index (χ4v) is 23.1. The molecule has 536 valence electrons. The van der Waals surface area contributed by atoms with E-state index in [0.717, 1.165) is 17.1 Å². The molecule has 4 heteroatoms. The summed E-state index contributed by atoms with van der Waals surface area (Å²) in [7, 11) is 0. The van der Waals surface area contributed by atoms with Crippen LogP contribution in [0, 0.1) is 0 Å². The van der Waals surface area contributed by atoms with Crippen molar-refractivity contribution in [3.63, 3.8) is 0 Å². The lowest BCUT2D eigenvalue weighted by Crippen LogP contribution is -2.26. The summed E-state index contributed by atoms with van der Waals surface area (Å²) in [6.45, 7) is 9.52. The van der Waals surface area contributed by atoms with E-state index in [0.29, 0.717) is 0 Å². The van der Waals surface area contributed by atoms with Gasteiger partial charge in [0.2, 0.25) is 0 Å². The Kier molecular flexibility index (Phi) is 13.7. The van der Waals surface area contributed by atoms with Crippen LogP contribution in [0.2, 0.25) is 0 Å². The third kappa shape index (κ3) is 8.65. The van der Waals surface area contributed by atoms with Gasteiger partial charge in [0.15, 0.2) is 0 Å². The van der Waals surface area contributed by atoms with Crippen LogP contribution < -0.4 is 9.80 Å². The number of aromatic nitrogens is 1. The maximum absolute atomic E-state index is 2.55. The van der Waals surface area contributed by atoms with Crippen molar-refractivity contribution in [2.24, 2.45) is 0 Å². The normalized spacial score (nSPS) is 14.6. The Balaban J connectivity index is 0.000000132. The Labute approximate surface area is 667 Å². The minimum atomic E-state index is -0.438. The van der Waals surface area contributed by atoms with Crippen LogP contribution in [0.3, 0.4) is 0 Å². The molecule has 0 saturated heterocycles. The minimum Gasteiger partial charge on any atom is -0.310 e. The Morgan fingerprint density at radius 2 is 0.544 bits per heavy atom. The predicted octanol–water partition coefficient (Wildman–Crippen LogP) is 29.1. The van der Waals surface area contributed by atoms with Crippen molar-refractivity contribution in [1.29, 1.82) is 0 Å². The van der Waals surface area contributed by atoms with E-state index < -0.39 is 10.8 Å². The van der Waals surface area contributed by atoms with E-state index in [2.05, 4.69) is 424 Å². The monoisotopic (exact) mass is 1470 g/mol. The van der Waals surface area contributed by atoms with Gasteiger partial charge >= 0.3 is 0 Å². The molecule has 2 heterocycles. The number of hydrogen-bond donors (Lipinski definition) is 0. The van der Waals surface area contributed by atoms with Crippen molar-refractivity contribution in [3.8, 4) is 72.4 Å². The zero-order valence-corrected chi connectivity index (χ0v) is 64.4. The van der Waals surface area contributed by atoms with Crippen LogP contribution in [0.1, 0.15) is 94.5 Å². The van der Waals surface area contributed by atoms with Crippen molar-refractivity contribution in [1.82, 2.24) is 4.57 Å². The highest BCUT2D eigenvalue weighted by molar-refractivity contribution is 7.25. The van der Waals surface area contributed by atoms with Gasteiger partial charge in [-0.05, 0) is 207 Å². The van der Waals surface area contributed by atoms with E-state index in [-0.39, 0.29) is 10.8 Å². The smallest absolute Gasteiger partial charge is 0.0726 e. The molecular weight excluding hydrogens is 1400 g/mol. The van der Waals surface area contributed by atoms with E-state index in [4.69, 9.17) is 0 Å². The Morgan fingerprint density at radius 1 is 0.219 bits per heavy atom. The summed E-state index contributed by atoms with van der Waals surface area (Å²) in [6, 6.07) is 144. The summed E-state index contributed by atoms with van der Waals surface area (Å²) >= 11 is 1.88. The first-order valence-corrected chi connectivity index (χ1v) is 40.9. The molecule has 25 rings (SSSR count). The number of thiophene rings is 1. The van der Waals surface area contributed by atoms with Gasteiger partial charge in [0.05, 0.1) is 33.2 Å². The second-order valence-electron chi connectivity index (χ2n) is 32.8. The van der Waals surface area contributed by atoms with Crippen LogP contribution in [0.4, 0.5) is 34.1 Å². The number of benzene rings is 17. The molecule has 2 aromatic heterocycles. The highest BCUT2D eigenvalue weighted by atomic mass is 32.1. The molecule has 0 unspecified atom stereocenters. The average Bonchev–Trinajstić information content (AvgIpc) is 1.51. The van der Waals surface area contributed by atoms with Crippen molar-refractivity contribution >= 4 is 87.4 Å². The van der Waals surface area contributed by atoms with Crippen LogP contribution in [0.5, 0.6) is 0 Å². The largest absolute Gasteiger partial charge is 0.310 e. The fourth-order valence-electron chi connectivity index (χ4n) is 21.9. The van der Waals surface area contributed by atoms with Crippen molar-refractivity contribution in [2.75, 3.05) is 9.80 Å². The van der Waals surface area contributed by atoms with Gasteiger partial charge in [0, 0.05) is 81.3 Å². The molecule has 0 fully saturated rings. The molecule has 19 aromatic rings. The molecule has 0 radical (unpaired) electrons. The van der Waals surface area contributed by atoms with Gasteiger partial charge < -0.3 is 14.4 Å². The maximum Gasteiger partial charge on any atom is 0.0726 e. The summed E-state index contributed by atoms with van der Waals surface area (Å²) < 4.78 is 5.06. The number of para-hydroxylation sites is 2. The first-order chi connectivity index (χ1) is 56.1. The van der Waals surface area contributed by atoms with Crippen LogP contribution in [0.25, 0.3) is 114 Å². The molecule has 114 heavy (non-hydrogen) atoms. The number of anilines is 6. The third-order valence-corrected chi connectivity index (χ3v) is 27.8. The zero-order valence-electron chi connectivity index (χ0n) is 63.6. The Bertz CT molecular complexity index is 7250. The number of nitrogens with zero attached hydrogens (tertiary/aromatic N) is 3. The predicted molar refractivity (Wildman–Crippen MR) is 477 cm³/mol. The fraction of sp³-hybridized carbons (Fsp3) is 0.0727. The Hall–Kier alpha value is -13.6. The van der Waals surface area contributed by atoms with Gasteiger partial charge in [-0.25, -0.2) is 0 Å². The lowest BCUT2D eigenvalue weighted by molar-refractivity contribution is 0.660. The van der Waals surface area contributed by atoms with Gasteiger partial charge in [0.25, 0.3) is 0 Å². The molecular formula is C110H75N3S. The van der Waals surface area contributed by atoms with Crippen molar-refractivity contribution < 1.29 is 0 Å². The van der Waals surface area contributed by atoms with E-state index in [1.54, 1.807) is 0 Å². The minimum absolute atomic E-state index is 0.115. The first-order valence-electron chi connectivity index (χ1n) is 40.0. The van der Waals surface area contributed by atoms with E-state index in [1.807, 2.05) is 11.3 Å². The molecule has 0 aliphatic heterocycles. The summed E-state index contributed by atoms with van der Waals surface area (Å²) in [4.78, 5) is 5.09. The second kappa shape index (κ2) is 23.9. The molecule has 0 saturated carbocycles. The van der Waals surface area contributed by atoms with Crippen LogP contribution in [-0.4, -0.2) is 4.57 Å². The standard InChI is InChI=1S/C58H40N2.C52H35NS/c1-57(2)47-24-11-6-19-40(47)43-33-31-38(35-52(43)57)59(39-32-34-45-44-22-10-15-29-53(44)60(55(45)36-39)37-17-4-3-5-18-37)54-30-16-28-51-56(54)46-23-9-14-27-50(46)58(51)48-25-12-7-20-41(48)42-21-8-13-26-49(42)58;1-51(2)41-19-8-3-14-34(41)37-28-26-32(30-46(37)51)53(33-27-29-39-38-17-7-12-25-48(38)54-49(39)31-33)47-24-13-23-45-50(47)40-18-6-11-22-44(40)52(45)42-20-9-4-15-35(42)36-16-5-10-21-43(36)52/h3-36H,1-2H3;3-31H,1-2H3. The van der Waals surface area contributed by atoms with Gasteiger partial charge in [0.1, 0.15) is 0 Å². The summed E-state index contributed by atoms with van der Waals surface area (Å²) in [5.74, 6) is 0. The lowest BCUT2D eigenvalue weighted by Gasteiger charge is -2.32. The zero-order chi connectivity index (χ0) is 75.5. The molecule has 0 amide bonds. The van der Waals surface area contributed by atoms with Crippen LogP contribution in [-0.2, 0) is 21.7 Å². The molecule has 0 bridgehead atoms. The summed E-state index contributed by atoms with van der Waals surface area (Å²) in [6.07, 6.45) is 0. The molecule has 2 spiro atoms. The van der Waals surface area contributed by atoms with Gasteiger partial charge in [-0.1, -0.05) is 325 Å². The molecule has 6 aliphatic rings. The number of fused-ring (bicyclic) bond motifs is 32. The summed E-state index contributed by atoms with van der Waals surface area (Å²) in [5, 5.41) is 5.13. The average molecular weight is 1470 g/mol. The molecule has 17 aromatic carbocycles. The van der Waals surface area contributed by atoms with E-state index in [1.165, 1.54) is 198 Å². The third-order valence-electron chi connectivity index (χ3n) is 26.7. The quantitative estimate of drug-likeness (QED) is 0.158. The highest BCUT2D eigenvalue weighted by Crippen LogP contribution is 2.68. The van der Waals surface area contributed by atoms with Gasteiger partial charge in [-0.3, -0.25) is 0 Å². The Morgan fingerprint density at radius 3 is 1.03 bits per heavy atom. The van der Waals surface area contributed by atoms with Crippen LogP contribution in [0.15, 0.2) is 382 Å². The highest BCUT2D eigenvalue weighted by Gasteiger charge is 2.55. The molecule has 3 nitrogen and oxygen atoms in total. The molecule has 0 atom stereocenters. The van der Waals surface area contributed by atoms with Gasteiger partial charge in [-0.15, -0.1) is 11.3 Å². The van der Waals surface area contributed by atoms with Crippen molar-refractivity contribution in [3.05, 3.63) is 449 Å². The lowest BCUT2D eigenvalue weighted by atomic mass is 9.70. The maximum atomic E-state index is 2.55.